The van der Waals surface area contributed by atoms with Crippen LogP contribution in [0.2, 0.25) is 0 Å². The van der Waals surface area contributed by atoms with Gasteiger partial charge in [-0.2, -0.15) is 0 Å². The van der Waals surface area contributed by atoms with Crippen molar-refractivity contribution in [3.63, 3.8) is 0 Å². The van der Waals surface area contributed by atoms with Gasteiger partial charge in [0.15, 0.2) is 11.5 Å². The molecule has 0 aliphatic carbocycles. The van der Waals surface area contributed by atoms with E-state index in [9.17, 15) is 0 Å². The number of ether oxygens (including phenoxy) is 3. The van der Waals surface area contributed by atoms with E-state index in [2.05, 4.69) is 30.9 Å². The molecule has 2 aliphatic heterocycles. The molecule has 1 aromatic rings. The fraction of sp³-hybridized carbons (Fsp3) is 0.588. The minimum absolute atomic E-state index is 0.279. The Morgan fingerprint density at radius 1 is 1.18 bits per heavy atom. The third-order valence-corrected chi connectivity index (χ3v) is 4.42. The second-order valence-corrected chi connectivity index (χ2v) is 6.18. The summed E-state index contributed by atoms with van der Waals surface area (Å²) in [6, 6.07) is 5.22. The highest BCUT2D eigenvalue weighted by Gasteiger charge is 2.28. The van der Waals surface area contributed by atoms with Gasteiger partial charge in [-0.3, -0.25) is 0 Å². The standard InChI is InChI=1S/C17H24N2O3/c1-11(2)14-10-22-17(18-14)19-6-5-12-7-15(20-3)16(21-4)8-13(12)9-19/h7-8,11,14H,5-6,9-10H2,1-4H3/t14-/m0/s1. The Labute approximate surface area is 131 Å². The van der Waals surface area contributed by atoms with E-state index >= 15 is 0 Å². The molecule has 0 saturated carbocycles. The van der Waals surface area contributed by atoms with Crippen molar-refractivity contribution in [2.45, 2.75) is 32.9 Å². The highest BCUT2D eigenvalue weighted by Crippen LogP contribution is 2.33. The second kappa shape index (κ2) is 6.07. The van der Waals surface area contributed by atoms with Crippen molar-refractivity contribution >= 4 is 6.02 Å². The summed E-state index contributed by atoms with van der Waals surface area (Å²) in [6.07, 6.45) is 0.963. The molecule has 5 nitrogen and oxygen atoms in total. The monoisotopic (exact) mass is 304 g/mol. The van der Waals surface area contributed by atoms with Gasteiger partial charge in [0.25, 0.3) is 6.02 Å². The summed E-state index contributed by atoms with van der Waals surface area (Å²) in [5.74, 6) is 2.08. The summed E-state index contributed by atoms with van der Waals surface area (Å²) in [6.45, 7) is 6.79. The van der Waals surface area contributed by atoms with Crippen LogP contribution in [0.4, 0.5) is 0 Å². The highest BCUT2D eigenvalue weighted by atomic mass is 16.5. The van der Waals surface area contributed by atoms with Crippen molar-refractivity contribution in [3.05, 3.63) is 23.3 Å². The minimum atomic E-state index is 0.279. The fourth-order valence-electron chi connectivity index (χ4n) is 2.94. The first kappa shape index (κ1) is 15.0. The largest absolute Gasteiger partial charge is 0.493 e. The third-order valence-electron chi connectivity index (χ3n) is 4.42. The van der Waals surface area contributed by atoms with Gasteiger partial charge in [0.2, 0.25) is 0 Å². The Kier molecular flexibility index (Phi) is 4.14. The lowest BCUT2D eigenvalue weighted by Gasteiger charge is -2.29. The van der Waals surface area contributed by atoms with Crippen LogP contribution >= 0.6 is 0 Å². The molecule has 5 heteroatoms. The Hall–Kier alpha value is -1.91. The predicted molar refractivity (Wildman–Crippen MR) is 85.7 cm³/mol. The molecule has 0 amide bonds. The summed E-state index contributed by atoms with van der Waals surface area (Å²) in [5.41, 5.74) is 2.57. The summed E-state index contributed by atoms with van der Waals surface area (Å²) < 4.78 is 16.6. The quantitative estimate of drug-likeness (QED) is 0.860. The number of nitrogens with zero attached hydrogens (tertiary/aromatic N) is 2. The number of methoxy groups -OCH3 is 2. The number of benzene rings is 1. The van der Waals surface area contributed by atoms with E-state index < -0.39 is 0 Å². The average molecular weight is 304 g/mol. The first-order valence-corrected chi connectivity index (χ1v) is 7.81. The Morgan fingerprint density at radius 3 is 2.45 bits per heavy atom. The van der Waals surface area contributed by atoms with Crippen LogP contribution in [-0.4, -0.2) is 44.3 Å². The number of rotatable bonds is 3. The van der Waals surface area contributed by atoms with Crippen LogP contribution in [0.3, 0.4) is 0 Å². The molecule has 0 aromatic heterocycles. The van der Waals surface area contributed by atoms with Crippen molar-refractivity contribution in [2.24, 2.45) is 10.9 Å². The number of fused-ring (bicyclic) bond motifs is 1. The topological polar surface area (TPSA) is 43.3 Å². The molecule has 0 saturated heterocycles. The molecule has 0 unspecified atom stereocenters. The van der Waals surface area contributed by atoms with E-state index in [1.807, 2.05) is 0 Å². The molecule has 22 heavy (non-hydrogen) atoms. The van der Waals surface area contributed by atoms with Crippen LogP contribution in [0.25, 0.3) is 0 Å². The molecule has 1 aromatic carbocycles. The summed E-state index contributed by atoms with van der Waals surface area (Å²) in [4.78, 5) is 6.94. The van der Waals surface area contributed by atoms with Crippen LogP contribution in [0, 0.1) is 5.92 Å². The van der Waals surface area contributed by atoms with Crippen molar-refractivity contribution in [1.82, 2.24) is 4.90 Å². The molecule has 0 fully saturated rings. The van der Waals surface area contributed by atoms with Gasteiger partial charge in [-0.25, -0.2) is 4.99 Å². The van der Waals surface area contributed by atoms with Crippen molar-refractivity contribution in [2.75, 3.05) is 27.4 Å². The van der Waals surface area contributed by atoms with Gasteiger partial charge in [0.05, 0.1) is 20.3 Å². The highest BCUT2D eigenvalue weighted by molar-refractivity contribution is 5.76. The molecule has 120 valence electrons. The van der Waals surface area contributed by atoms with Crippen LogP contribution in [0.1, 0.15) is 25.0 Å². The molecular weight excluding hydrogens is 280 g/mol. The maximum Gasteiger partial charge on any atom is 0.288 e. The lowest BCUT2D eigenvalue weighted by atomic mass is 9.99. The number of hydrogen-bond acceptors (Lipinski definition) is 5. The van der Waals surface area contributed by atoms with E-state index in [-0.39, 0.29) is 6.04 Å². The SMILES string of the molecule is COc1cc2c(cc1OC)CN(C1=N[C@H](C(C)C)CO1)CC2. The van der Waals surface area contributed by atoms with Gasteiger partial charge in [0.1, 0.15) is 6.61 Å². The molecule has 0 N–H and O–H groups in total. The van der Waals surface area contributed by atoms with Gasteiger partial charge in [-0.05, 0) is 35.6 Å². The third kappa shape index (κ3) is 2.72. The fourth-order valence-corrected chi connectivity index (χ4v) is 2.94. The molecule has 0 spiro atoms. The zero-order valence-corrected chi connectivity index (χ0v) is 13.8. The first-order valence-electron chi connectivity index (χ1n) is 7.81. The maximum atomic E-state index is 5.80. The van der Waals surface area contributed by atoms with E-state index in [0.717, 1.165) is 37.0 Å². The number of aliphatic imine (C=N–C) groups is 1. The molecule has 0 radical (unpaired) electrons. The summed E-state index contributed by atoms with van der Waals surface area (Å²) in [5, 5.41) is 0. The zero-order chi connectivity index (χ0) is 15.7. The van der Waals surface area contributed by atoms with Gasteiger partial charge >= 0.3 is 0 Å². The van der Waals surface area contributed by atoms with Gasteiger partial charge in [-0.1, -0.05) is 13.8 Å². The van der Waals surface area contributed by atoms with Crippen LogP contribution in [0.5, 0.6) is 11.5 Å². The Morgan fingerprint density at radius 2 is 1.86 bits per heavy atom. The van der Waals surface area contributed by atoms with E-state index in [1.165, 1.54) is 11.1 Å². The van der Waals surface area contributed by atoms with Crippen molar-refractivity contribution in [1.29, 1.82) is 0 Å². The minimum Gasteiger partial charge on any atom is -0.493 e. The summed E-state index contributed by atoms with van der Waals surface area (Å²) in [7, 11) is 3.34. The second-order valence-electron chi connectivity index (χ2n) is 6.18. The Bertz CT molecular complexity index is 584. The summed E-state index contributed by atoms with van der Waals surface area (Å²) >= 11 is 0. The van der Waals surface area contributed by atoms with Crippen molar-refractivity contribution < 1.29 is 14.2 Å². The molecular formula is C17H24N2O3. The Balaban J connectivity index is 1.81. The lowest BCUT2D eigenvalue weighted by molar-refractivity contribution is 0.232. The molecule has 3 rings (SSSR count). The molecule has 1 atom stereocenters. The number of amidine groups is 1. The maximum absolute atomic E-state index is 5.80. The van der Waals surface area contributed by atoms with Crippen LogP contribution in [-0.2, 0) is 17.7 Å². The molecule has 0 bridgehead atoms. The van der Waals surface area contributed by atoms with Gasteiger partial charge < -0.3 is 19.1 Å². The van der Waals surface area contributed by atoms with E-state index in [1.54, 1.807) is 14.2 Å². The molecule has 2 heterocycles. The normalized spacial score (nSPS) is 20.5. The first-order chi connectivity index (χ1) is 10.6. The van der Waals surface area contributed by atoms with E-state index in [4.69, 9.17) is 19.2 Å². The predicted octanol–water partition coefficient (Wildman–Crippen LogP) is 2.47. The average Bonchev–Trinajstić information content (AvgIpc) is 3.03. The van der Waals surface area contributed by atoms with Crippen LogP contribution < -0.4 is 9.47 Å². The van der Waals surface area contributed by atoms with Crippen LogP contribution in [0.15, 0.2) is 17.1 Å². The lowest BCUT2D eigenvalue weighted by Crippen LogP contribution is -2.36. The zero-order valence-electron chi connectivity index (χ0n) is 13.8. The van der Waals surface area contributed by atoms with Gasteiger partial charge in [0, 0.05) is 13.1 Å². The van der Waals surface area contributed by atoms with Crippen molar-refractivity contribution in [3.8, 4) is 11.5 Å². The molecule has 2 aliphatic rings. The van der Waals surface area contributed by atoms with E-state index in [0.29, 0.717) is 12.5 Å². The van der Waals surface area contributed by atoms with Gasteiger partial charge in [-0.15, -0.1) is 0 Å². The smallest absolute Gasteiger partial charge is 0.288 e. The number of hydrogen-bond donors (Lipinski definition) is 0.